The predicted octanol–water partition coefficient (Wildman–Crippen LogP) is 5.52. The van der Waals surface area contributed by atoms with Gasteiger partial charge in [-0.2, -0.15) is 0 Å². The Kier molecular flexibility index (Phi) is 10.2. The van der Waals surface area contributed by atoms with E-state index in [-0.39, 0.29) is 35.4 Å². The lowest BCUT2D eigenvalue weighted by Crippen LogP contribution is -2.31. The van der Waals surface area contributed by atoms with Crippen LogP contribution in [0.5, 0.6) is 17.2 Å². The molecule has 0 saturated carbocycles. The molecule has 1 heterocycles. The maximum Gasteiger partial charge on any atom is 0.336 e. The van der Waals surface area contributed by atoms with Crippen LogP contribution in [0.3, 0.4) is 0 Å². The molecule has 5 rings (SSSR count). The lowest BCUT2D eigenvalue weighted by atomic mass is 9.78. The minimum atomic E-state index is -3.52. The maximum absolute atomic E-state index is 13.1. The fraction of sp³-hybridized carbons (Fsp3) is 0.294. The monoisotopic (exact) mass is 619 g/mol. The molecule has 0 unspecified atom stereocenters. The third-order valence-electron chi connectivity index (χ3n) is 7.55. The standard InChI is InChI=1S/C27H29NO7S.C7H8O/c1-16-20(27(30)35-15-17-9-10-25(34-3)26(11-17)36(4,31)32)14-21-22(28-16)12-18(13-23(21)29)19-7-5-6-8-24(19)33-2;1-6-3-2-4-7(8)5-6/h5-11,18,28H,12-15H2,1-4H3;2-5,8H,1H3/t18-;/m1./s1. The Morgan fingerprint density at radius 3 is 2.32 bits per heavy atom. The number of ether oxygens (including phenoxy) is 3. The fourth-order valence-corrected chi connectivity index (χ4v) is 6.20. The molecule has 1 atom stereocenters. The van der Waals surface area contributed by atoms with Gasteiger partial charge in [-0.25, -0.2) is 13.2 Å². The first-order valence-corrected chi connectivity index (χ1v) is 15.9. The predicted molar refractivity (Wildman–Crippen MR) is 166 cm³/mol. The van der Waals surface area contributed by atoms with Gasteiger partial charge >= 0.3 is 5.97 Å². The molecule has 1 aliphatic heterocycles. The highest BCUT2D eigenvalue weighted by molar-refractivity contribution is 7.90. The topological polar surface area (TPSA) is 128 Å². The molecule has 10 heteroatoms. The van der Waals surface area contributed by atoms with Crippen LogP contribution in [0.1, 0.15) is 48.8 Å². The van der Waals surface area contributed by atoms with Crippen molar-refractivity contribution in [2.75, 3.05) is 20.5 Å². The van der Waals surface area contributed by atoms with Crippen LogP contribution in [-0.2, 0) is 30.8 Å². The maximum atomic E-state index is 13.1. The van der Waals surface area contributed by atoms with E-state index in [1.165, 1.54) is 19.2 Å². The van der Waals surface area contributed by atoms with E-state index in [0.717, 1.165) is 28.8 Å². The summed E-state index contributed by atoms with van der Waals surface area (Å²) in [6, 6.07) is 19.5. The van der Waals surface area contributed by atoms with Gasteiger partial charge in [0.05, 0.1) is 19.8 Å². The van der Waals surface area contributed by atoms with Crippen LogP contribution >= 0.6 is 0 Å². The van der Waals surface area contributed by atoms with E-state index < -0.39 is 15.8 Å². The van der Waals surface area contributed by atoms with Crippen LogP contribution in [0.15, 0.2) is 94.2 Å². The van der Waals surface area contributed by atoms with Gasteiger partial charge in [0, 0.05) is 42.0 Å². The molecule has 0 amide bonds. The number of hydrogen-bond acceptors (Lipinski definition) is 9. The highest BCUT2D eigenvalue weighted by Gasteiger charge is 2.34. The average molecular weight is 620 g/mol. The summed E-state index contributed by atoms with van der Waals surface area (Å²) in [6.07, 6.45) is 2.26. The number of ketones is 1. The molecule has 232 valence electrons. The number of carbonyl (C=O) groups excluding carboxylic acids is 2. The van der Waals surface area contributed by atoms with Crippen molar-refractivity contribution in [3.05, 3.63) is 106 Å². The number of carbonyl (C=O) groups is 2. The number of sulfone groups is 1. The molecule has 9 nitrogen and oxygen atoms in total. The number of hydrogen-bond donors (Lipinski definition) is 2. The number of allylic oxidation sites excluding steroid dienone is 3. The van der Waals surface area contributed by atoms with Gasteiger partial charge in [0.2, 0.25) is 0 Å². The van der Waals surface area contributed by atoms with Crippen LogP contribution < -0.4 is 14.8 Å². The summed E-state index contributed by atoms with van der Waals surface area (Å²) in [4.78, 5) is 26.0. The number of dihydropyridines is 1. The van der Waals surface area contributed by atoms with E-state index in [1.54, 1.807) is 32.2 Å². The van der Waals surface area contributed by atoms with Crippen molar-refractivity contribution >= 4 is 21.6 Å². The van der Waals surface area contributed by atoms with Crippen molar-refractivity contribution in [2.24, 2.45) is 0 Å². The van der Waals surface area contributed by atoms with Gasteiger partial charge in [0.25, 0.3) is 0 Å². The summed E-state index contributed by atoms with van der Waals surface area (Å²) < 4.78 is 40.2. The Hall–Kier alpha value is -4.57. The van der Waals surface area contributed by atoms with E-state index >= 15 is 0 Å². The molecule has 0 radical (unpaired) electrons. The lowest BCUT2D eigenvalue weighted by molar-refractivity contribution is -0.140. The summed E-state index contributed by atoms with van der Waals surface area (Å²) in [5.41, 5.74) is 5.03. The van der Waals surface area contributed by atoms with Crippen molar-refractivity contribution in [3.63, 3.8) is 0 Å². The number of Topliss-reactive ketones (excluding diaryl/α,β-unsaturated/α-hetero) is 1. The average Bonchev–Trinajstić information content (AvgIpc) is 2.99. The van der Waals surface area contributed by atoms with Crippen LogP contribution in [0.25, 0.3) is 0 Å². The Bertz CT molecular complexity index is 1720. The van der Waals surface area contributed by atoms with Crippen LogP contribution in [0, 0.1) is 6.92 Å². The summed E-state index contributed by atoms with van der Waals surface area (Å²) in [5, 5.41) is 12.1. The molecular formula is C34H37NO8S. The Morgan fingerprint density at radius 2 is 1.68 bits per heavy atom. The molecule has 0 spiro atoms. The summed E-state index contributed by atoms with van der Waals surface area (Å²) >= 11 is 0. The van der Waals surface area contributed by atoms with Gasteiger partial charge in [0.15, 0.2) is 15.6 Å². The Labute approximate surface area is 258 Å². The molecule has 0 saturated heterocycles. The van der Waals surface area contributed by atoms with Crippen LogP contribution in [0.4, 0.5) is 0 Å². The lowest BCUT2D eigenvalue weighted by Gasteiger charge is -2.32. The number of phenols is 1. The normalized spacial score (nSPS) is 16.3. The summed E-state index contributed by atoms with van der Waals surface area (Å²) in [5.74, 6) is 0.743. The van der Waals surface area contributed by atoms with Gasteiger partial charge < -0.3 is 24.6 Å². The van der Waals surface area contributed by atoms with E-state index in [9.17, 15) is 18.0 Å². The number of rotatable bonds is 7. The van der Waals surface area contributed by atoms with Crippen molar-refractivity contribution in [1.29, 1.82) is 0 Å². The molecule has 3 aromatic rings. The Morgan fingerprint density at radius 1 is 0.955 bits per heavy atom. The number of phenolic OH excluding ortho intramolecular Hbond substituents is 1. The van der Waals surface area contributed by atoms with E-state index in [0.29, 0.717) is 41.0 Å². The first-order chi connectivity index (χ1) is 20.9. The number of para-hydroxylation sites is 1. The van der Waals surface area contributed by atoms with E-state index in [1.807, 2.05) is 43.3 Å². The smallest absolute Gasteiger partial charge is 0.336 e. The van der Waals surface area contributed by atoms with E-state index in [4.69, 9.17) is 19.3 Å². The van der Waals surface area contributed by atoms with Crippen LogP contribution in [-0.4, -0.2) is 45.8 Å². The zero-order valence-electron chi connectivity index (χ0n) is 25.5. The SMILES string of the molecule is COc1ccccc1[C@H]1CC(=O)C2=C(C1)NC(C)=C(C(=O)OCc1ccc(OC)c(S(C)(=O)=O)c1)C2.Cc1cccc(O)c1. The number of aryl methyl sites for hydroxylation is 1. The second-order valence-corrected chi connectivity index (χ2v) is 12.8. The number of methoxy groups -OCH3 is 2. The highest BCUT2D eigenvalue weighted by atomic mass is 32.2. The zero-order chi connectivity index (χ0) is 32.0. The fourth-order valence-electron chi connectivity index (χ4n) is 5.31. The number of nitrogens with one attached hydrogen (secondary N) is 1. The number of esters is 1. The Balaban J connectivity index is 0.000000479. The van der Waals surface area contributed by atoms with Crippen LogP contribution in [0.2, 0.25) is 0 Å². The third-order valence-corrected chi connectivity index (χ3v) is 8.67. The quantitative estimate of drug-likeness (QED) is 0.329. The molecular weight excluding hydrogens is 582 g/mol. The van der Waals surface area contributed by atoms with Crippen molar-refractivity contribution in [1.82, 2.24) is 5.32 Å². The summed E-state index contributed by atoms with van der Waals surface area (Å²) in [6.45, 7) is 3.62. The molecule has 2 aliphatic rings. The first kappa shape index (κ1) is 32.3. The van der Waals surface area contributed by atoms with Gasteiger partial charge in [-0.3, -0.25) is 4.79 Å². The minimum Gasteiger partial charge on any atom is -0.508 e. The second-order valence-electron chi connectivity index (χ2n) is 10.8. The molecule has 0 aromatic heterocycles. The van der Waals surface area contributed by atoms with Gasteiger partial charge in [-0.1, -0.05) is 36.4 Å². The molecule has 2 N–H and O–H groups in total. The number of aromatic hydroxyl groups is 1. The second kappa shape index (κ2) is 13.8. The molecule has 3 aromatic carbocycles. The molecule has 44 heavy (non-hydrogen) atoms. The minimum absolute atomic E-state index is 0.00888. The van der Waals surface area contributed by atoms with Crippen molar-refractivity contribution < 1.29 is 37.3 Å². The third kappa shape index (κ3) is 7.68. The van der Waals surface area contributed by atoms with Gasteiger partial charge in [0.1, 0.15) is 28.8 Å². The van der Waals surface area contributed by atoms with Crippen molar-refractivity contribution in [3.8, 4) is 17.2 Å². The largest absolute Gasteiger partial charge is 0.508 e. The van der Waals surface area contributed by atoms with E-state index in [2.05, 4.69) is 5.32 Å². The highest BCUT2D eigenvalue weighted by Crippen LogP contribution is 2.41. The van der Waals surface area contributed by atoms with Gasteiger partial charge in [-0.15, -0.1) is 0 Å². The number of benzene rings is 3. The van der Waals surface area contributed by atoms with Gasteiger partial charge in [-0.05, 0) is 67.3 Å². The molecule has 0 fully saturated rings. The zero-order valence-corrected chi connectivity index (χ0v) is 26.3. The first-order valence-electron chi connectivity index (χ1n) is 14.1. The molecule has 1 aliphatic carbocycles. The van der Waals surface area contributed by atoms with Crippen molar-refractivity contribution in [2.45, 2.75) is 50.5 Å². The summed E-state index contributed by atoms with van der Waals surface area (Å²) in [7, 11) is -0.512. The molecule has 0 bridgehead atoms.